The van der Waals surface area contributed by atoms with Gasteiger partial charge in [0.05, 0.1) is 25.7 Å². The van der Waals surface area contributed by atoms with Crippen molar-refractivity contribution in [1.29, 1.82) is 0 Å². The summed E-state index contributed by atoms with van der Waals surface area (Å²) in [7, 11) is 1.59. The van der Waals surface area contributed by atoms with Crippen molar-refractivity contribution in [2.75, 3.05) is 13.7 Å². The zero-order chi connectivity index (χ0) is 35.7. The van der Waals surface area contributed by atoms with E-state index in [1.807, 2.05) is 54.3 Å². The number of halogens is 3. The lowest BCUT2D eigenvalue weighted by Crippen LogP contribution is -2.58. The van der Waals surface area contributed by atoms with Crippen LogP contribution in [0.1, 0.15) is 60.8 Å². The summed E-state index contributed by atoms with van der Waals surface area (Å²) in [6.07, 6.45) is 1.90. The van der Waals surface area contributed by atoms with Gasteiger partial charge in [0.15, 0.2) is 11.6 Å². The van der Waals surface area contributed by atoms with Crippen molar-refractivity contribution in [3.63, 3.8) is 0 Å². The normalized spacial score (nSPS) is 20.0. The van der Waals surface area contributed by atoms with E-state index in [0.29, 0.717) is 30.7 Å². The summed E-state index contributed by atoms with van der Waals surface area (Å²) in [6.45, 7) is 2.35. The van der Waals surface area contributed by atoms with E-state index in [-0.39, 0.29) is 43.6 Å². The molecule has 6 rings (SSSR count). The number of carbonyl (C=O) groups is 3. The van der Waals surface area contributed by atoms with Crippen LogP contribution in [-0.4, -0.2) is 69.8 Å². The summed E-state index contributed by atoms with van der Waals surface area (Å²) in [6, 6.07) is 13.7. The van der Waals surface area contributed by atoms with Gasteiger partial charge in [0, 0.05) is 24.2 Å². The maximum Gasteiger partial charge on any atom is 0.408 e. The maximum atomic E-state index is 14.8. The van der Waals surface area contributed by atoms with Crippen LogP contribution in [0, 0.1) is 24.5 Å². The van der Waals surface area contributed by atoms with Crippen LogP contribution in [0.3, 0.4) is 0 Å². The number of rotatable bonds is 12. The predicted octanol–water partition coefficient (Wildman–Crippen LogP) is 7.51. The Bertz CT molecular complexity index is 1830. The van der Waals surface area contributed by atoms with Gasteiger partial charge in [-0.3, -0.25) is 14.5 Å². The highest BCUT2D eigenvalue weighted by Crippen LogP contribution is 2.45. The SMILES string of the molecule is COc1cccc(CN(C(=O)C2=C(c3ccc(CCCOc4c(F)ccc(F)c4Cl)cc3)C[C@H]3C[C@@H](C(=O)O)C[C@@H]2N3C(=O)O)C2CC2)c1C. The van der Waals surface area contributed by atoms with Gasteiger partial charge < -0.3 is 24.6 Å². The number of amides is 2. The molecule has 2 bridgehead atoms. The molecule has 0 aromatic heterocycles. The minimum atomic E-state index is -1.17. The minimum Gasteiger partial charge on any atom is -0.496 e. The molecule has 9 nitrogen and oxygen atoms in total. The predicted molar refractivity (Wildman–Crippen MR) is 182 cm³/mol. The van der Waals surface area contributed by atoms with Gasteiger partial charge in [-0.25, -0.2) is 13.6 Å². The Labute approximate surface area is 294 Å². The third kappa shape index (κ3) is 7.14. The summed E-state index contributed by atoms with van der Waals surface area (Å²) in [5, 5.41) is 19.9. The lowest BCUT2D eigenvalue weighted by atomic mass is 9.73. The van der Waals surface area contributed by atoms with Crippen LogP contribution < -0.4 is 9.47 Å². The van der Waals surface area contributed by atoms with Gasteiger partial charge in [-0.05, 0) is 97.9 Å². The second-order valence-electron chi connectivity index (χ2n) is 13.2. The van der Waals surface area contributed by atoms with Crippen molar-refractivity contribution in [2.45, 2.75) is 76.5 Å². The molecule has 2 aliphatic heterocycles. The fraction of sp³-hybridized carbons (Fsp3) is 0.395. The number of hydrogen-bond donors (Lipinski definition) is 2. The van der Waals surface area contributed by atoms with Gasteiger partial charge in [-0.15, -0.1) is 0 Å². The molecule has 0 radical (unpaired) electrons. The molecule has 3 atom stereocenters. The number of ether oxygens (including phenoxy) is 2. The zero-order valence-electron chi connectivity index (χ0n) is 27.8. The van der Waals surface area contributed by atoms with Crippen LogP contribution in [0.15, 0.2) is 60.2 Å². The van der Waals surface area contributed by atoms with Gasteiger partial charge in [-0.1, -0.05) is 48.0 Å². The van der Waals surface area contributed by atoms with E-state index >= 15 is 0 Å². The van der Waals surface area contributed by atoms with Crippen molar-refractivity contribution in [3.8, 4) is 11.5 Å². The first-order chi connectivity index (χ1) is 24.0. The average Bonchev–Trinajstić information content (AvgIpc) is 3.94. The largest absolute Gasteiger partial charge is 0.496 e. The highest BCUT2D eigenvalue weighted by molar-refractivity contribution is 6.32. The van der Waals surface area contributed by atoms with Crippen molar-refractivity contribution < 1.29 is 42.9 Å². The number of aryl methyl sites for hydroxylation is 1. The summed E-state index contributed by atoms with van der Waals surface area (Å²) in [5.74, 6) is -3.19. The second-order valence-corrected chi connectivity index (χ2v) is 13.6. The number of benzene rings is 3. The van der Waals surface area contributed by atoms with E-state index in [1.54, 1.807) is 7.11 Å². The molecule has 3 aromatic rings. The van der Waals surface area contributed by atoms with E-state index in [1.165, 1.54) is 4.90 Å². The molecule has 12 heteroatoms. The van der Waals surface area contributed by atoms with Gasteiger partial charge >= 0.3 is 12.1 Å². The Morgan fingerprint density at radius 2 is 1.72 bits per heavy atom. The smallest absolute Gasteiger partial charge is 0.408 e. The van der Waals surface area contributed by atoms with Gasteiger partial charge in [-0.2, -0.15) is 0 Å². The Kier molecular flexibility index (Phi) is 10.3. The third-order valence-corrected chi connectivity index (χ3v) is 10.4. The van der Waals surface area contributed by atoms with Crippen LogP contribution in [0.4, 0.5) is 13.6 Å². The van der Waals surface area contributed by atoms with Gasteiger partial charge in [0.25, 0.3) is 5.91 Å². The number of fused-ring (bicyclic) bond motifs is 2. The monoisotopic (exact) mass is 708 g/mol. The van der Waals surface area contributed by atoms with E-state index in [0.717, 1.165) is 52.8 Å². The quantitative estimate of drug-likeness (QED) is 0.148. The number of nitrogens with zero attached hydrogens (tertiary/aromatic N) is 2. The molecule has 2 amide bonds. The first-order valence-electron chi connectivity index (χ1n) is 16.7. The molecule has 3 aromatic carbocycles. The molecule has 1 aliphatic carbocycles. The summed E-state index contributed by atoms with van der Waals surface area (Å²) >= 11 is 5.86. The summed E-state index contributed by atoms with van der Waals surface area (Å²) in [5.41, 5.74) is 4.59. The number of hydrogen-bond acceptors (Lipinski definition) is 5. The molecule has 2 N–H and O–H groups in total. The standard InChI is InChI=1S/C38H39ClF2N2O7/c1-21-24(6-3-7-32(21)49-2)20-42(26-12-13-26)36(44)33-28(19-27-17-25(37(45)46)18-31(33)43(27)38(47)48)23-10-8-22(9-11-23)5-4-16-50-35-30(41)15-14-29(40)34(35)39/h3,6-11,14-15,25-27,31H,4-5,12-13,16-20H2,1-2H3,(H,45,46)(H,47,48)/t25-,27-,31+/m1/s1. The zero-order valence-corrected chi connectivity index (χ0v) is 28.6. The van der Waals surface area contributed by atoms with Crippen LogP contribution >= 0.6 is 11.6 Å². The molecule has 50 heavy (non-hydrogen) atoms. The molecule has 3 aliphatic rings. The maximum absolute atomic E-state index is 14.8. The van der Waals surface area contributed by atoms with E-state index < -0.39 is 46.7 Å². The van der Waals surface area contributed by atoms with Crippen molar-refractivity contribution in [2.24, 2.45) is 5.92 Å². The molecule has 2 fully saturated rings. The van der Waals surface area contributed by atoms with Gasteiger partial charge in [0.2, 0.25) is 0 Å². The van der Waals surface area contributed by atoms with Gasteiger partial charge in [0.1, 0.15) is 16.6 Å². The highest BCUT2D eigenvalue weighted by Gasteiger charge is 2.50. The number of carboxylic acid groups (broad SMARTS) is 2. The molecule has 1 saturated carbocycles. The number of carbonyl (C=O) groups excluding carboxylic acids is 1. The molecular weight excluding hydrogens is 670 g/mol. The fourth-order valence-corrected chi connectivity index (χ4v) is 7.51. The van der Waals surface area contributed by atoms with Crippen LogP contribution in [-0.2, 0) is 22.6 Å². The number of piperidine rings is 1. The van der Waals surface area contributed by atoms with E-state index in [2.05, 4.69) is 0 Å². The third-order valence-electron chi connectivity index (χ3n) is 10.1. The van der Waals surface area contributed by atoms with Crippen molar-refractivity contribution in [1.82, 2.24) is 9.80 Å². The lowest BCUT2D eigenvalue weighted by molar-refractivity contribution is -0.145. The molecule has 1 saturated heterocycles. The minimum absolute atomic E-state index is 0.00735. The lowest BCUT2D eigenvalue weighted by Gasteiger charge is -2.48. The Morgan fingerprint density at radius 1 is 1.00 bits per heavy atom. The number of aliphatic carboxylic acids is 1. The molecule has 264 valence electrons. The van der Waals surface area contributed by atoms with Crippen LogP contribution in [0.5, 0.6) is 11.5 Å². The van der Waals surface area contributed by atoms with E-state index in [9.17, 15) is 33.4 Å². The molecule has 0 spiro atoms. The van der Waals surface area contributed by atoms with Crippen molar-refractivity contribution in [3.05, 3.63) is 99.1 Å². The van der Waals surface area contributed by atoms with E-state index in [4.69, 9.17) is 21.1 Å². The Morgan fingerprint density at radius 3 is 2.38 bits per heavy atom. The Balaban J connectivity index is 1.30. The fourth-order valence-electron chi connectivity index (χ4n) is 7.30. The number of carboxylic acids is 1. The van der Waals surface area contributed by atoms with Crippen LogP contribution in [0.25, 0.3) is 5.57 Å². The average molecular weight is 709 g/mol. The first kappa shape index (κ1) is 35.2. The Hall–Kier alpha value is -4.64. The molecule has 2 heterocycles. The van der Waals surface area contributed by atoms with Crippen molar-refractivity contribution >= 4 is 35.1 Å². The molecular formula is C38H39ClF2N2O7. The highest BCUT2D eigenvalue weighted by atomic mass is 35.5. The molecule has 0 unspecified atom stereocenters. The topological polar surface area (TPSA) is 117 Å². The number of methoxy groups -OCH3 is 1. The summed E-state index contributed by atoms with van der Waals surface area (Å²) < 4.78 is 38.8. The van der Waals surface area contributed by atoms with Crippen LogP contribution in [0.2, 0.25) is 5.02 Å². The second kappa shape index (κ2) is 14.7. The first-order valence-corrected chi connectivity index (χ1v) is 17.1. The summed E-state index contributed by atoms with van der Waals surface area (Å²) in [4.78, 5) is 42.8.